The molecule has 4 nitrogen and oxygen atoms in total. The maximum atomic E-state index is 11.8. The fourth-order valence-electron chi connectivity index (χ4n) is 2.50. The van der Waals surface area contributed by atoms with Crippen LogP contribution in [0.4, 0.5) is 4.79 Å². The lowest BCUT2D eigenvalue weighted by atomic mass is 9.87. The Morgan fingerprint density at radius 2 is 2.16 bits per heavy atom. The highest BCUT2D eigenvalue weighted by molar-refractivity contribution is 8.00. The van der Waals surface area contributed by atoms with Gasteiger partial charge in [0.25, 0.3) is 0 Å². The summed E-state index contributed by atoms with van der Waals surface area (Å²) in [5.74, 6) is 1.20. The zero-order chi connectivity index (χ0) is 14.5. The monoisotopic (exact) mass is 288 g/mol. The summed E-state index contributed by atoms with van der Waals surface area (Å²) >= 11 is 1.94. The number of amides is 2. The molecule has 0 aromatic heterocycles. The Kier molecular flexibility index (Phi) is 5.99. The maximum absolute atomic E-state index is 11.8. The Morgan fingerprint density at radius 3 is 2.68 bits per heavy atom. The third kappa shape index (κ3) is 6.52. The van der Waals surface area contributed by atoms with Crippen LogP contribution >= 0.6 is 11.8 Å². The normalized spacial score (nSPS) is 25.1. The summed E-state index contributed by atoms with van der Waals surface area (Å²) < 4.78 is 0.201. The molecular weight excluding hydrogens is 260 g/mol. The molecule has 2 amide bonds. The van der Waals surface area contributed by atoms with E-state index >= 15 is 0 Å². The molecule has 2 unspecified atom stereocenters. The lowest BCUT2D eigenvalue weighted by Gasteiger charge is -2.27. The van der Waals surface area contributed by atoms with E-state index in [1.165, 1.54) is 18.6 Å². The van der Waals surface area contributed by atoms with Gasteiger partial charge >= 0.3 is 6.03 Å². The predicted octanol–water partition coefficient (Wildman–Crippen LogP) is 2.37. The van der Waals surface area contributed by atoms with E-state index in [2.05, 4.69) is 17.6 Å². The molecule has 0 saturated carbocycles. The van der Waals surface area contributed by atoms with Gasteiger partial charge in [0.2, 0.25) is 0 Å². The number of carbonyl (C=O) groups is 1. The van der Waals surface area contributed by atoms with Crippen molar-refractivity contribution in [3.63, 3.8) is 0 Å². The summed E-state index contributed by atoms with van der Waals surface area (Å²) in [4.78, 5) is 11.8. The largest absolute Gasteiger partial charge is 0.393 e. The number of nitrogens with one attached hydrogen (secondary N) is 2. The number of thioether (sulfide) groups is 1. The van der Waals surface area contributed by atoms with Crippen molar-refractivity contribution in [1.29, 1.82) is 0 Å². The zero-order valence-corrected chi connectivity index (χ0v) is 13.4. The Labute approximate surface area is 121 Å². The number of aliphatic hydroxyl groups is 1. The van der Waals surface area contributed by atoms with Crippen LogP contribution in [-0.2, 0) is 0 Å². The second-order valence-electron chi connectivity index (χ2n) is 6.66. The minimum Gasteiger partial charge on any atom is -0.393 e. The molecule has 1 rings (SSSR count). The second-order valence-corrected chi connectivity index (χ2v) is 8.34. The van der Waals surface area contributed by atoms with Crippen molar-refractivity contribution in [2.24, 2.45) is 5.41 Å². The third-order valence-electron chi connectivity index (χ3n) is 3.50. The number of urea groups is 1. The average molecular weight is 288 g/mol. The van der Waals surface area contributed by atoms with Gasteiger partial charge in [-0.05, 0) is 44.3 Å². The molecule has 1 saturated heterocycles. The molecular formula is C14H28N2O2S. The van der Waals surface area contributed by atoms with E-state index in [0.717, 1.165) is 6.54 Å². The number of aliphatic hydroxyl groups excluding tert-OH is 1. The molecule has 0 bridgehead atoms. The second kappa shape index (κ2) is 6.84. The van der Waals surface area contributed by atoms with Crippen LogP contribution in [0.5, 0.6) is 0 Å². The van der Waals surface area contributed by atoms with E-state index in [1.807, 2.05) is 25.6 Å². The summed E-state index contributed by atoms with van der Waals surface area (Å²) in [6, 6.07) is -0.104. The first-order valence-corrected chi connectivity index (χ1v) is 8.05. The van der Waals surface area contributed by atoms with Crippen molar-refractivity contribution < 1.29 is 9.90 Å². The van der Waals surface area contributed by atoms with Crippen molar-refractivity contribution >= 4 is 17.8 Å². The van der Waals surface area contributed by atoms with E-state index in [0.29, 0.717) is 13.0 Å². The highest BCUT2D eigenvalue weighted by atomic mass is 32.2. The predicted molar refractivity (Wildman–Crippen MR) is 81.6 cm³/mol. The Balaban J connectivity index is 2.24. The zero-order valence-electron chi connectivity index (χ0n) is 12.6. The summed E-state index contributed by atoms with van der Waals surface area (Å²) in [6.07, 6.45) is 2.76. The van der Waals surface area contributed by atoms with Crippen LogP contribution < -0.4 is 10.6 Å². The molecule has 112 valence electrons. The van der Waals surface area contributed by atoms with Crippen molar-refractivity contribution in [2.45, 2.75) is 57.8 Å². The maximum Gasteiger partial charge on any atom is 0.314 e. The van der Waals surface area contributed by atoms with Gasteiger partial charge < -0.3 is 15.7 Å². The van der Waals surface area contributed by atoms with Crippen molar-refractivity contribution in [3.8, 4) is 0 Å². The van der Waals surface area contributed by atoms with Crippen LogP contribution in [-0.4, -0.2) is 40.8 Å². The minimum absolute atomic E-state index is 0.0858. The SMILES string of the molecule is CC(O)CC(C)(C)CNC(=O)NCC1(C)CCCS1. The molecule has 0 aromatic rings. The number of hydrogen-bond acceptors (Lipinski definition) is 3. The van der Waals surface area contributed by atoms with E-state index < -0.39 is 0 Å². The lowest BCUT2D eigenvalue weighted by Crippen LogP contribution is -2.45. The fourth-order valence-corrected chi connectivity index (χ4v) is 3.74. The summed E-state index contributed by atoms with van der Waals surface area (Å²) in [6.45, 7) is 9.39. The molecule has 3 N–H and O–H groups in total. The van der Waals surface area contributed by atoms with Crippen molar-refractivity contribution in [1.82, 2.24) is 10.6 Å². The minimum atomic E-state index is -0.339. The number of hydrogen-bond donors (Lipinski definition) is 3. The van der Waals surface area contributed by atoms with Crippen molar-refractivity contribution in [3.05, 3.63) is 0 Å². The topological polar surface area (TPSA) is 61.4 Å². The highest BCUT2D eigenvalue weighted by Gasteiger charge is 2.30. The van der Waals surface area contributed by atoms with Gasteiger partial charge in [-0.1, -0.05) is 13.8 Å². The molecule has 19 heavy (non-hydrogen) atoms. The first kappa shape index (κ1) is 16.6. The van der Waals surface area contributed by atoms with Gasteiger partial charge in [0.05, 0.1) is 6.10 Å². The highest BCUT2D eigenvalue weighted by Crippen LogP contribution is 2.36. The first-order chi connectivity index (χ1) is 8.72. The Bertz CT molecular complexity index is 300. The molecule has 1 heterocycles. The fraction of sp³-hybridized carbons (Fsp3) is 0.929. The number of carbonyl (C=O) groups excluding carboxylic acids is 1. The van der Waals surface area contributed by atoms with Crippen LogP contribution in [0.1, 0.15) is 47.0 Å². The smallest absolute Gasteiger partial charge is 0.314 e. The average Bonchev–Trinajstić information content (AvgIpc) is 2.70. The molecule has 1 fully saturated rings. The lowest BCUT2D eigenvalue weighted by molar-refractivity contribution is 0.129. The van der Waals surface area contributed by atoms with Crippen LogP contribution in [0.25, 0.3) is 0 Å². The van der Waals surface area contributed by atoms with Crippen LogP contribution in [0, 0.1) is 5.41 Å². The van der Waals surface area contributed by atoms with Crippen molar-refractivity contribution in [2.75, 3.05) is 18.8 Å². The Morgan fingerprint density at radius 1 is 1.47 bits per heavy atom. The van der Waals surface area contributed by atoms with Crippen LogP contribution in [0.2, 0.25) is 0 Å². The molecule has 0 spiro atoms. The number of rotatable bonds is 6. The third-order valence-corrected chi connectivity index (χ3v) is 5.04. The van der Waals surface area contributed by atoms with Crippen LogP contribution in [0.15, 0.2) is 0 Å². The van der Waals surface area contributed by atoms with Gasteiger partial charge in [0, 0.05) is 17.8 Å². The van der Waals surface area contributed by atoms with Gasteiger partial charge in [-0.15, -0.1) is 0 Å². The molecule has 5 heteroatoms. The van der Waals surface area contributed by atoms with Gasteiger partial charge in [0.15, 0.2) is 0 Å². The van der Waals surface area contributed by atoms with E-state index in [1.54, 1.807) is 6.92 Å². The Hall–Kier alpha value is -0.420. The molecule has 0 aromatic carbocycles. The standard InChI is InChI=1S/C14H28N2O2S/c1-11(17)8-13(2,3)9-15-12(18)16-10-14(4)6-5-7-19-14/h11,17H,5-10H2,1-4H3,(H2,15,16,18). The molecule has 1 aliphatic heterocycles. The van der Waals surface area contributed by atoms with E-state index in [9.17, 15) is 9.90 Å². The van der Waals surface area contributed by atoms with E-state index in [4.69, 9.17) is 0 Å². The van der Waals surface area contributed by atoms with Gasteiger partial charge in [-0.3, -0.25) is 0 Å². The summed E-state index contributed by atoms with van der Waals surface area (Å²) in [5, 5.41) is 15.3. The molecule has 0 aliphatic carbocycles. The van der Waals surface area contributed by atoms with E-state index in [-0.39, 0.29) is 22.3 Å². The molecule has 0 radical (unpaired) electrons. The van der Waals surface area contributed by atoms with Gasteiger partial charge in [0.1, 0.15) is 0 Å². The van der Waals surface area contributed by atoms with Gasteiger partial charge in [-0.2, -0.15) is 11.8 Å². The molecule has 1 aliphatic rings. The summed E-state index contributed by atoms with van der Waals surface area (Å²) in [5.41, 5.74) is -0.0858. The quantitative estimate of drug-likeness (QED) is 0.703. The van der Waals surface area contributed by atoms with Gasteiger partial charge in [-0.25, -0.2) is 4.79 Å². The first-order valence-electron chi connectivity index (χ1n) is 7.06. The van der Waals surface area contributed by atoms with Crippen LogP contribution in [0.3, 0.4) is 0 Å². The molecule has 2 atom stereocenters. The summed E-state index contributed by atoms with van der Waals surface area (Å²) in [7, 11) is 0.